The lowest BCUT2D eigenvalue weighted by molar-refractivity contribution is -0.113. The number of hydrogen-bond donors (Lipinski definition) is 2. The van der Waals surface area contributed by atoms with E-state index in [4.69, 9.17) is 5.73 Å². The Bertz CT molecular complexity index is 673. The Labute approximate surface area is 137 Å². The van der Waals surface area contributed by atoms with Crippen molar-refractivity contribution in [3.05, 3.63) is 52.0 Å². The largest absolute Gasteiger partial charge is 0.399 e. The van der Waals surface area contributed by atoms with E-state index >= 15 is 0 Å². The third-order valence-corrected chi connectivity index (χ3v) is 5.06. The Kier molecular flexibility index (Phi) is 5.31. The van der Waals surface area contributed by atoms with Gasteiger partial charge in [0.25, 0.3) is 0 Å². The van der Waals surface area contributed by atoms with E-state index in [9.17, 15) is 4.79 Å². The molecule has 0 aliphatic heterocycles. The summed E-state index contributed by atoms with van der Waals surface area (Å²) in [4.78, 5) is 13.0. The predicted molar refractivity (Wildman–Crippen MR) is 93.8 cm³/mol. The zero-order chi connectivity index (χ0) is 15.4. The van der Waals surface area contributed by atoms with Gasteiger partial charge in [0.2, 0.25) is 5.91 Å². The van der Waals surface area contributed by atoms with Gasteiger partial charge >= 0.3 is 0 Å². The first kappa shape index (κ1) is 15.9. The maximum absolute atomic E-state index is 12.0. The number of carbonyl (C=O) groups is 1. The molecule has 0 radical (unpaired) electrons. The molecule has 110 valence electrons. The first-order chi connectivity index (χ1) is 9.95. The Morgan fingerprint density at radius 3 is 2.67 bits per heavy atom. The second kappa shape index (κ2) is 7.00. The monoisotopic (exact) mass is 364 g/mol. The van der Waals surface area contributed by atoms with Crippen molar-refractivity contribution in [2.24, 2.45) is 0 Å². The SMILES string of the molecule is Cc1cc(NC(=O)CSc2cc(N)ccc2C)ccc1Br. The molecule has 2 rings (SSSR count). The van der Waals surface area contributed by atoms with Crippen LogP contribution in [0, 0.1) is 13.8 Å². The summed E-state index contributed by atoms with van der Waals surface area (Å²) in [5.74, 6) is 0.336. The zero-order valence-corrected chi connectivity index (χ0v) is 14.3. The molecule has 0 unspecified atom stereocenters. The average Bonchev–Trinajstić information content (AvgIpc) is 2.44. The van der Waals surface area contributed by atoms with Gasteiger partial charge in [0.1, 0.15) is 0 Å². The smallest absolute Gasteiger partial charge is 0.234 e. The van der Waals surface area contributed by atoms with Gasteiger partial charge < -0.3 is 11.1 Å². The molecular weight excluding hydrogens is 348 g/mol. The highest BCUT2D eigenvalue weighted by Gasteiger charge is 2.07. The van der Waals surface area contributed by atoms with Crippen LogP contribution in [0.2, 0.25) is 0 Å². The van der Waals surface area contributed by atoms with E-state index in [1.165, 1.54) is 11.8 Å². The number of rotatable bonds is 4. The van der Waals surface area contributed by atoms with Crippen molar-refractivity contribution in [1.82, 2.24) is 0 Å². The van der Waals surface area contributed by atoms with Crippen LogP contribution in [-0.4, -0.2) is 11.7 Å². The number of carbonyl (C=O) groups excluding carboxylic acids is 1. The normalized spacial score (nSPS) is 10.4. The highest BCUT2D eigenvalue weighted by Crippen LogP contribution is 2.25. The Hall–Kier alpha value is -1.46. The molecule has 2 aromatic carbocycles. The maximum atomic E-state index is 12.0. The van der Waals surface area contributed by atoms with Gasteiger partial charge in [-0.05, 0) is 55.3 Å². The molecule has 0 spiro atoms. The van der Waals surface area contributed by atoms with Crippen molar-refractivity contribution in [2.45, 2.75) is 18.7 Å². The molecule has 3 N–H and O–H groups in total. The third kappa shape index (κ3) is 4.51. The summed E-state index contributed by atoms with van der Waals surface area (Å²) in [7, 11) is 0. The Morgan fingerprint density at radius 2 is 1.95 bits per heavy atom. The second-order valence-electron chi connectivity index (χ2n) is 4.83. The van der Waals surface area contributed by atoms with Gasteiger partial charge in [0, 0.05) is 20.7 Å². The summed E-state index contributed by atoms with van der Waals surface area (Å²) in [6.07, 6.45) is 0. The van der Waals surface area contributed by atoms with Gasteiger partial charge in [-0.1, -0.05) is 22.0 Å². The fourth-order valence-corrected chi connectivity index (χ4v) is 2.96. The number of nitrogens with two attached hydrogens (primary N) is 1. The topological polar surface area (TPSA) is 55.1 Å². The first-order valence-corrected chi connectivity index (χ1v) is 8.28. The fraction of sp³-hybridized carbons (Fsp3) is 0.188. The number of aryl methyl sites for hydroxylation is 2. The Balaban J connectivity index is 1.95. The van der Waals surface area contributed by atoms with Crippen LogP contribution in [0.1, 0.15) is 11.1 Å². The lowest BCUT2D eigenvalue weighted by atomic mass is 10.2. The number of benzene rings is 2. The predicted octanol–water partition coefficient (Wildman–Crippen LogP) is 4.38. The molecule has 0 aliphatic carbocycles. The van der Waals surface area contributed by atoms with Crippen LogP contribution in [0.25, 0.3) is 0 Å². The number of amides is 1. The molecule has 2 aromatic rings. The molecule has 0 saturated heterocycles. The standard InChI is InChI=1S/C16H17BrN2OS/c1-10-3-4-12(18)8-15(10)21-9-16(20)19-13-5-6-14(17)11(2)7-13/h3-8H,9,18H2,1-2H3,(H,19,20). The molecular formula is C16H17BrN2OS. The molecule has 0 saturated carbocycles. The van der Waals surface area contributed by atoms with Crippen molar-refractivity contribution in [3.8, 4) is 0 Å². The van der Waals surface area contributed by atoms with E-state index in [1.807, 2.05) is 50.2 Å². The van der Waals surface area contributed by atoms with E-state index in [0.29, 0.717) is 11.4 Å². The molecule has 21 heavy (non-hydrogen) atoms. The van der Waals surface area contributed by atoms with Crippen LogP contribution >= 0.6 is 27.7 Å². The average molecular weight is 365 g/mol. The molecule has 0 bridgehead atoms. The fourth-order valence-electron chi connectivity index (χ4n) is 1.84. The van der Waals surface area contributed by atoms with E-state index in [2.05, 4.69) is 21.2 Å². The molecule has 0 heterocycles. The lowest BCUT2D eigenvalue weighted by Crippen LogP contribution is -2.14. The van der Waals surface area contributed by atoms with E-state index < -0.39 is 0 Å². The van der Waals surface area contributed by atoms with Gasteiger partial charge in [-0.25, -0.2) is 0 Å². The summed E-state index contributed by atoms with van der Waals surface area (Å²) >= 11 is 4.94. The van der Waals surface area contributed by atoms with Gasteiger partial charge in [-0.3, -0.25) is 4.79 Å². The zero-order valence-electron chi connectivity index (χ0n) is 11.9. The van der Waals surface area contributed by atoms with Crippen LogP contribution in [0.5, 0.6) is 0 Å². The van der Waals surface area contributed by atoms with Crippen molar-refractivity contribution in [3.63, 3.8) is 0 Å². The number of halogens is 1. The molecule has 0 fully saturated rings. The minimum absolute atomic E-state index is 0.0245. The summed E-state index contributed by atoms with van der Waals surface area (Å²) < 4.78 is 1.03. The highest BCUT2D eigenvalue weighted by molar-refractivity contribution is 9.10. The number of thioether (sulfide) groups is 1. The van der Waals surface area contributed by atoms with Crippen LogP contribution < -0.4 is 11.1 Å². The highest BCUT2D eigenvalue weighted by atomic mass is 79.9. The summed E-state index contributed by atoms with van der Waals surface area (Å²) in [6, 6.07) is 11.5. The first-order valence-electron chi connectivity index (χ1n) is 6.50. The summed E-state index contributed by atoms with van der Waals surface area (Å²) in [5, 5.41) is 2.90. The van der Waals surface area contributed by atoms with Crippen LogP contribution in [0.3, 0.4) is 0 Å². The van der Waals surface area contributed by atoms with Crippen molar-refractivity contribution in [2.75, 3.05) is 16.8 Å². The molecule has 0 atom stereocenters. The van der Waals surface area contributed by atoms with Gasteiger partial charge in [0.15, 0.2) is 0 Å². The molecule has 1 amide bonds. The molecule has 3 nitrogen and oxygen atoms in total. The summed E-state index contributed by atoms with van der Waals surface area (Å²) in [5.41, 5.74) is 9.51. The van der Waals surface area contributed by atoms with Crippen molar-refractivity contribution in [1.29, 1.82) is 0 Å². The van der Waals surface area contributed by atoms with E-state index in [1.54, 1.807) is 0 Å². The van der Waals surface area contributed by atoms with Gasteiger partial charge in [0.05, 0.1) is 5.75 Å². The van der Waals surface area contributed by atoms with Gasteiger partial charge in [-0.2, -0.15) is 0 Å². The van der Waals surface area contributed by atoms with Crippen LogP contribution in [-0.2, 0) is 4.79 Å². The lowest BCUT2D eigenvalue weighted by Gasteiger charge is -2.09. The van der Waals surface area contributed by atoms with Crippen LogP contribution in [0.4, 0.5) is 11.4 Å². The number of nitrogens with one attached hydrogen (secondary N) is 1. The van der Waals surface area contributed by atoms with Crippen LogP contribution in [0.15, 0.2) is 45.8 Å². The minimum atomic E-state index is -0.0245. The second-order valence-corrected chi connectivity index (χ2v) is 6.70. The number of anilines is 2. The number of hydrogen-bond acceptors (Lipinski definition) is 3. The van der Waals surface area contributed by atoms with E-state index in [-0.39, 0.29) is 5.91 Å². The Morgan fingerprint density at radius 1 is 1.19 bits per heavy atom. The quantitative estimate of drug-likeness (QED) is 0.625. The molecule has 0 aromatic heterocycles. The molecule has 0 aliphatic rings. The third-order valence-electron chi connectivity index (χ3n) is 3.01. The van der Waals surface area contributed by atoms with Gasteiger partial charge in [-0.15, -0.1) is 11.8 Å². The van der Waals surface area contributed by atoms with E-state index in [0.717, 1.165) is 26.2 Å². The summed E-state index contributed by atoms with van der Waals surface area (Å²) in [6.45, 7) is 4.00. The number of nitrogen functional groups attached to an aromatic ring is 1. The maximum Gasteiger partial charge on any atom is 0.234 e. The van der Waals surface area contributed by atoms with Crippen molar-refractivity contribution >= 4 is 45.0 Å². The minimum Gasteiger partial charge on any atom is -0.399 e. The van der Waals surface area contributed by atoms with Crippen molar-refractivity contribution < 1.29 is 4.79 Å². The molecule has 5 heteroatoms.